The third-order valence-electron chi connectivity index (χ3n) is 6.08. The van der Waals surface area contributed by atoms with Gasteiger partial charge in [-0.05, 0) is 62.2 Å². The molecule has 0 spiro atoms. The third-order valence-corrected chi connectivity index (χ3v) is 11.9. The van der Waals surface area contributed by atoms with Crippen LogP contribution in [0.15, 0.2) is 121 Å². The molecule has 1 N–H and O–H groups in total. The molecular formula is C33H39F3O3P2PdS. The van der Waals surface area contributed by atoms with Gasteiger partial charge in [0.2, 0.25) is 0 Å². The maximum Gasteiger partial charge on any atom is 0.522 e. The van der Waals surface area contributed by atoms with Gasteiger partial charge in [0.1, 0.15) is 0 Å². The summed E-state index contributed by atoms with van der Waals surface area (Å²) in [5.74, 6) is 0. The molecule has 0 unspecified atom stereocenters. The Morgan fingerprint density at radius 2 is 0.767 bits per heavy atom. The average Bonchev–Trinajstić information content (AvgIpc) is 3.00. The Hall–Kier alpha value is -1.90. The third kappa shape index (κ3) is 14.6. The molecule has 0 radical (unpaired) electrons. The molecule has 0 amide bonds. The second-order valence-corrected chi connectivity index (χ2v) is 15.4. The molecule has 0 atom stereocenters. The quantitative estimate of drug-likeness (QED) is 0.0587. The molecule has 10 heteroatoms. The van der Waals surface area contributed by atoms with Gasteiger partial charge in [-0.3, -0.25) is 4.55 Å². The average molecular weight is 741 g/mol. The van der Waals surface area contributed by atoms with Crippen LogP contribution in [0, 0.1) is 0 Å². The fraction of sp³-hybridized carbons (Fsp3) is 0.273. The van der Waals surface area contributed by atoms with Crippen molar-refractivity contribution in [2.24, 2.45) is 0 Å². The summed E-state index contributed by atoms with van der Waals surface area (Å²) in [6.07, 6.45) is 7.70. The number of halogens is 3. The minimum absolute atomic E-state index is 0. The molecule has 0 saturated carbocycles. The van der Waals surface area contributed by atoms with E-state index >= 15 is 0 Å². The standard InChI is InChI=1S/C28H28P2.C4H10.CHF3O3S.Pd/c1-5-15-25(16-6-1)29(26-17-7-2-8-18-26)23-13-14-24-30(27-19-9-3-10-20-27)28-21-11-4-12-22-28;1-3-4-2;2-1(3,4)8(5,6)7;/h1-12,15-22H,13-14,23-24H2;3-4H2,1-2H3;(H,5,6,7);. The number of rotatable bonds is 10. The van der Waals surface area contributed by atoms with Gasteiger partial charge in [0.05, 0.1) is 0 Å². The van der Waals surface area contributed by atoms with Crippen LogP contribution >= 0.6 is 15.8 Å². The monoisotopic (exact) mass is 740 g/mol. The van der Waals surface area contributed by atoms with Crippen molar-refractivity contribution in [2.45, 2.75) is 45.0 Å². The minimum Gasteiger partial charge on any atom is -0.279 e. The number of benzene rings is 4. The fourth-order valence-electron chi connectivity index (χ4n) is 3.79. The first-order valence-corrected chi connectivity index (χ1v) is 18.4. The van der Waals surface area contributed by atoms with Gasteiger partial charge < -0.3 is 0 Å². The Morgan fingerprint density at radius 3 is 0.930 bits per heavy atom. The Bertz CT molecular complexity index is 1200. The van der Waals surface area contributed by atoms with E-state index in [1.165, 1.54) is 59.2 Å². The van der Waals surface area contributed by atoms with Crippen molar-refractivity contribution >= 4 is 47.2 Å². The molecule has 0 aromatic heterocycles. The number of alkyl halides is 3. The summed E-state index contributed by atoms with van der Waals surface area (Å²) in [4.78, 5) is 0. The first-order valence-electron chi connectivity index (χ1n) is 13.9. The number of hydrogen-bond donors (Lipinski definition) is 1. The summed E-state index contributed by atoms with van der Waals surface area (Å²) in [5, 5.41) is 5.97. The van der Waals surface area contributed by atoms with Gasteiger partial charge in [0.15, 0.2) is 0 Å². The van der Waals surface area contributed by atoms with E-state index in [9.17, 15) is 13.2 Å². The Balaban J connectivity index is 0.000000605. The first kappa shape index (κ1) is 39.1. The zero-order chi connectivity index (χ0) is 30.8. The smallest absolute Gasteiger partial charge is 0.279 e. The summed E-state index contributed by atoms with van der Waals surface area (Å²) in [6, 6.07) is 44.3. The molecule has 4 rings (SSSR count). The molecule has 0 bridgehead atoms. The van der Waals surface area contributed by atoms with Crippen molar-refractivity contribution in [3.8, 4) is 0 Å². The second kappa shape index (κ2) is 20.9. The van der Waals surface area contributed by atoms with E-state index in [1.54, 1.807) is 0 Å². The van der Waals surface area contributed by atoms with Crippen LogP contribution in [0.25, 0.3) is 0 Å². The number of hydrogen-bond acceptors (Lipinski definition) is 2. The van der Waals surface area contributed by atoms with E-state index in [4.69, 9.17) is 13.0 Å². The van der Waals surface area contributed by atoms with E-state index in [0.29, 0.717) is 0 Å². The Morgan fingerprint density at radius 1 is 0.558 bits per heavy atom. The molecule has 3 nitrogen and oxygen atoms in total. The first-order chi connectivity index (χ1) is 20.1. The predicted octanol–water partition coefficient (Wildman–Crippen LogP) is 8.23. The van der Waals surface area contributed by atoms with Gasteiger partial charge in [-0.1, -0.05) is 148 Å². The maximum atomic E-state index is 10.7. The van der Waals surface area contributed by atoms with E-state index in [0.717, 1.165) is 0 Å². The molecule has 4 aromatic rings. The van der Waals surface area contributed by atoms with Crippen LogP contribution in [0.4, 0.5) is 13.2 Å². The van der Waals surface area contributed by atoms with Crippen LogP contribution in [-0.2, 0) is 30.5 Å². The van der Waals surface area contributed by atoms with Gasteiger partial charge in [-0.15, -0.1) is 0 Å². The fourth-order valence-corrected chi connectivity index (χ4v) is 8.62. The predicted molar refractivity (Wildman–Crippen MR) is 175 cm³/mol. The topological polar surface area (TPSA) is 54.4 Å². The van der Waals surface area contributed by atoms with Crippen LogP contribution in [0.5, 0.6) is 0 Å². The van der Waals surface area contributed by atoms with Crippen molar-refractivity contribution in [3.05, 3.63) is 121 Å². The van der Waals surface area contributed by atoms with Crippen LogP contribution < -0.4 is 21.2 Å². The SMILES string of the molecule is CCCC.O=S(=O)(O)C(F)(F)F.[Pd].c1ccc(P(CCCCP(c2ccccc2)c2ccccc2)c2ccccc2)cc1. The summed E-state index contributed by atoms with van der Waals surface area (Å²) in [7, 11) is -6.41. The van der Waals surface area contributed by atoms with E-state index in [1.807, 2.05) is 0 Å². The molecular weight excluding hydrogens is 702 g/mol. The van der Waals surface area contributed by atoms with Crippen LogP contribution in [-0.4, -0.2) is 30.8 Å². The van der Waals surface area contributed by atoms with Crippen LogP contribution in [0.2, 0.25) is 0 Å². The van der Waals surface area contributed by atoms with Crippen molar-refractivity contribution in [3.63, 3.8) is 0 Å². The largest absolute Gasteiger partial charge is 0.522 e. The molecule has 236 valence electrons. The molecule has 0 aliphatic rings. The van der Waals surface area contributed by atoms with Gasteiger partial charge in [0, 0.05) is 20.4 Å². The molecule has 0 saturated heterocycles. The second-order valence-electron chi connectivity index (χ2n) is 9.27. The zero-order valence-electron chi connectivity index (χ0n) is 24.3. The molecule has 0 aliphatic heterocycles. The van der Waals surface area contributed by atoms with Gasteiger partial charge in [0.25, 0.3) is 0 Å². The van der Waals surface area contributed by atoms with Crippen molar-refractivity contribution in [2.75, 3.05) is 12.3 Å². The van der Waals surface area contributed by atoms with Gasteiger partial charge in [-0.2, -0.15) is 21.6 Å². The molecule has 4 aromatic carbocycles. The summed E-state index contributed by atoms with van der Waals surface area (Å²) < 4.78 is 57.5. The minimum atomic E-state index is -5.84. The Kier molecular flexibility index (Phi) is 19.1. The normalized spacial score (nSPS) is 11.1. The maximum absolute atomic E-state index is 10.7. The molecule has 43 heavy (non-hydrogen) atoms. The molecule has 0 aliphatic carbocycles. The Labute approximate surface area is 271 Å². The van der Waals surface area contributed by atoms with E-state index in [2.05, 4.69) is 135 Å². The summed E-state index contributed by atoms with van der Waals surface area (Å²) in [6.45, 7) is 4.36. The van der Waals surface area contributed by atoms with Crippen molar-refractivity contribution < 1.29 is 46.6 Å². The molecule has 0 fully saturated rings. The van der Waals surface area contributed by atoms with E-state index < -0.39 is 15.6 Å². The van der Waals surface area contributed by atoms with Crippen molar-refractivity contribution in [1.29, 1.82) is 0 Å². The number of unbranched alkanes of at least 4 members (excludes halogenated alkanes) is 2. The van der Waals surface area contributed by atoms with Crippen LogP contribution in [0.3, 0.4) is 0 Å². The van der Waals surface area contributed by atoms with Crippen molar-refractivity contribution in [1.82, 2.24) is 0 Å². The summed E-state index contributed by atoms with van der Waals surface area (Å²) >= 11 is 0. The zero-order valence-corrected chi connectivity index (χ0v) is 28.5. The molecule has 0 heterocycles. The van der Waals surface area contributed by atoms with Gasteiger partial charge in [-0.25, -0.2) is 0 Å². The summed E-state index contributed by atoms with van der Waals surface area (Å²) in [5.41, 5.74) is -5.53. The van der Waals surface area contributed by atoms with Crippen LogP contribution in [0.1, 0.15) is 39.5 Å². The van der Waals surface area contributed by atoms with E-state index in [-0.39, 0.29) is 36.3 Å². The van der Waals surface area contributed by atoms with Gasteiger partial charge >= 0.3 is 15.6 Å².